The molecule has 5 rings (SSSR count). The monoisotopic (exact) mass is 354 g/mol. The van der Waals surface area contributed by atoms with Crippen molar-refractivity contribution in [2.75, 3.05) is 0 Å². The van der Waals surface area contributed by atoms with E-state index in [9.17, 15) is 14.9 Å². The fraction of sp³-hybridized carbons (Fsp3) is 0.571. The second-order valence-electron chi connectivity index (χ2n) is 8.69. The van der Waals surface area contributed by atoms with E-state index in [1.54, 1.807) is 18.2 Å². The first-order chi connectivity index (χ1) is 12.4. The minimum Gasteiger partial charge on any atom is -0.350 e. The minimum absolute atomic E-state index is 0.0574. The summed E-state index contributed by atoms with van der Waals surface area (Å²) >= 11 is 0. The van der Waals surface area contributed by atoms with Crippen LogP contribution in [-0.4, -0.2) is 16.9 Å². The average Bonchev–Trinajstić information content (AvgIpc) is 2.59. The molecule has 0 radical (unpaired) electrons. The number of amides is 1. The fourth-order valence-electron chi connectivity index (χ4n) is 6.00. The van der Waals surface area contributed by atoms with E-state index in [4.69, 9.17) is 0 Å². The molecule has 1 N–H and O–H groups in total. The van der Waals surface area contributed by atoms with Crippen molar-refractivity contribution >= 4 is 17.7 Å². The maximum Gasteiger partial charge on any atom is 0.269 e. The second-order valence-corrected chi connectivity index (χ2v) is 8.69. The molecule has 1 aromatic carbocycles. The van der Waals surface area contributed by atoms with Crippen LogP contribution in [0, 0.1) is 33.3 Å². The van der Waals surface area contributed by atoms with Gasteiger partial charge in [-0.05, 0) is 92.4 Å². The normalized spacial score (nSPS) is 33.3. The molecule has 0 aliphatic heterocycles. The highest BCUT2D eigenvalue weighted by Gasteiger charge is 2.53. The molecule has 1 amide bonds. The predicted octanol–water partition coefficient (Wildman–Crippen LogP) is 4.33. The lowest BCUT2D eigenvalue weighted by molar-refractivity contribution is -0.384. The molecule has 1 atom stereocenters. The van der Waals surface area contributed by atoms with Crippen LogP contribution in [0.15, 0.2) is 30.3 Å². The van der Waals surface area contributed by atoms with Crippen molar-refractivity contribution in [1.82, 2.24) is 5.32 Å². The molecular weight excluding hydrogens is 328 g/mol. The third kappa shape index (κ3) is 3.27. The van der Waals surface area contributed by atoms with Crippen LogP contribution < -0.4 is 5.32 Å². The first-order valence-corrected chi connectivity index (χ1v) is 9.66. The number of nitrogens with one attached hydrogen (secondary N) is 1. The largest absolute Gasteiger partial charge is 0.350 e. The van der Waals surface area contributed by atoms with E-state index < -0.39 is 4.92 Å². The molecule has 4 fully saturated rings. The van der Waals surface area contributed by atoms with E-state index in [1.165, 1.54) is 56.7 Å². The van der Waals surface area contributed by atoms with Crippen LogP contribution >= 0.6 is 0 Å². The standard InChI is InChI=1S/C21H26N2O3/c1-14(21-11-16-8-17(12-21)10-18(9-16)13-21)22-20(24)7-4-15-2-5-19(6-3-15)23(25)26/h2-7,14,16-18H,8-13H2,1H3,(H,22,24)/b7-4+/t14-,16?,17?,18?,21?/m0/s1. The Morgan fingerprint density at radius 3 is 2.19 bits per heavy atom. The summed E-state index contributed by atoms with van der Waals surface area (Å²) in [6.07, 6.45) is 11.3. The van der Waals surface area contributed by atoms with E-state index in [1.807, 2.05) is 0 Å². The Morgan fingerprint density at radius 2 is 1.69 bits per heavy atom. The van der Waals surface area contributed by atoms with Crippen molar-refractivity contribution in [1.29, 1.82) is 0 Å². The predicted molar refractivity (Wildman–Crippen MR) is 100 cm³/mol. The summed E-state index contributed by atoms with van der Waals surface area (Å²) < 4.78 is 0. The maximum atomic E-state index is 12.4. The SMILES string of the molecule is C[C@H](NC(=O)/C=C/c1ccc([N+](=O)[O-])cc1)C12CC3CC(CC(C3)C1)C2. The molecular formula is C21H26N2O3. The molecule has 4 aliphatic carbocycles. The molecule has 5 nitrogen and oxygen atoms in total. The zero-order chi connectivity index (χ0) is 18.3. The van der Waals surface area contributed by atoms with Crippen LogP contribution in [-0.2, 0) is 4.79 Å². The molecule has 0 unspecified atom stereocenters. The Hall–Kier alpha value is -2.17. The van der Waals surface area contributed by atoms with Gasteiger partial charge in [-0.2, -0.15) is 0 Å². The van der Waals surface area contributed by atoms with Crippen molar-refractivity contribution in [3.63, 3.8) is 0 Å². The molecule has 26 heavy (non-hydrogen) atoms. The fourth-order valence-corrected chi connectivity index (χ4v) is 6.00. The molecule has 4 bridgehead atoms. The van der Waals surface area contributed by atoms with Crippen molar-refractivity contribution < 1.29 is 9.72 Å². The quantitative estimate of drug-likeness (QED) is 0.486. The van der Waals surface area contributed by atoms with Gasteiger partial charge in [-0.15, -0.1) is 0 Å². The average molecular weight is 354 g/mol. The number of nitro groups is 1. The van der Waals surface area contributed by atoms with Crippen molar-refractivity contribution in [3.05, 3.63) is 46.0 Å². The Kier molecular flexibility index (Phi) is 4.33. The van der Waals surface area contributed by atoms with Crippen LogP contribution in [0.25, 0.3) is 6.08 Å². The van der Waals surface area contributed by atoms with E-state index in [0.717, 1.165) is 23.3 Å². The smallest absolute Gasteiger partial charge is 0.269 e. The number of hydrogen-bond acceptors (Lipinski definition) is 3. The third-order valence-corrected chi connectivity index (χ3v) is 6.89. The van der Waals surface area contributed by atoms with E-state index in [-0.39, 0.29) is 17.6 Å². The van der Waals surface area contributed by atoms with Crippen LogP contribution in [0.5, 0.6) is 0 Å². The van der Waals surface area contributed by atoms with Gasteiger partial charge >= 0.3 is 0 Å². The highest BCUT2D eigenvalue weighted by molar-refractivity contribution is 5.92. The zero-order valence-corrected chi connectivity index (χ0v) is 15.2. The summed E-state index contributed by atoms with van der Waals surface area (Å²) in [6, 6.07) is 6.42. The number of carbonyl (C=O) groups excluding carboxylic acids is 1. The Bertz CT molecular complexity index is 703. The van der Waals surface area contributed by atoms with Gasteiger partial charge in [-0.1, -0.05) is 0 Å². The van der Waals surface area contributed by atoms with Gasteiger partial charge in [0, 0.05) is 24.3 Å². The Labute approximate surface area is 154 Å². The lowest BCUT2D eigenvalue weighted by Crippen LogP contribution is -2.55. The maximum absolute atomic E-state index is 12.4. The molecule has 0 aromatic heterocycles. The van der Waals surface area contributed by atoms with Crippen LogP contribution in [0.2, 0.25) is 0 Å². The second kappa shape index (κ2) is 6.53. The highest BCUT2D eigenvalue weighted by atomic mass is 16.6. The molecule has 4 saturated carbocycles. The third-order valence-electron chi connectivity index (χ3n) is 6.89. The summed E-state index contributed by atoms with van der Waals surface area (Å²) in [6.45, 7) is 2.17. The van der Waals surface area contributed by atoms with Gasteiger partial charge < -0.3 is 5.32 Å². The topological polar surface area (TPSA) is 72.2 Å². The number of non-ortho nitro benzene ring substituents is 1. The molecule has 0 heterocycles. The number of nitro benzene ring substituents is 1. The van der Waals surface area contributed by atoms with Gasteiger partial charge in [0.05, 0.1) is 4.92 Å². The minimum atomic E-state index is -0.423. The van der Waals surface area contributed by atoms with E-state index in [2.05, 4.69) is 12.2 Å². The highest BCUT2D eigenvalue weighted by Crippen LogP contribution is 2.61. The zero-order valence-electron chi connectivity index (χ0n) is 15.2. The number of benzene rings is 1. The molecule has 1 aromatic rings. The summed E-state index contributed by atoms with van der Waals surface area (Å²) in [5, 5.41) is 13.9. The van der Waals surface area contributed by atoms with Crippen molar-refractivity contribution in [2.24, 2.45) is 23.2 Å². The van der Waals surface area contributed by atoms with Crippen LogP contribution in [0.1, 0.15) is 51.0 Å². The number of hydrogen-bond donors (Lipinski definition) is 1. The van der Waals surface area contributed by atoms with E-state index >= 15 is 0 Å². The first kappa shape index (κ1) is 17.3. The summed E-state index contributed by atoms with van der Waals surface area (Å²) in [4.78, 5) is 22.7. The van der Waals surface area contributed by atoms with Gasteiger partial charge in [0.25, 0.3) is 5.69 Å². The Morgan fingerprint density at radius 1 is 1.15 bits per heavy atom. The lowest BCUT2D eigenvalue weighted by Gasteiger charge is -2.59. The van der Waals surface area contributed by atoms with E-state index in [0.29, 0.717) is 5.41 Å². The molecule has 0 saturated heterocycles. The summed E-state index contributed by atoms with van der Waals surface area (Å²) in [5.74, 6) is 2.54. The summed E-state index contributed by atoms with van der Waals surface area (Å²) in [7, 11) is 0. The first-order valence-electron chi connectivity index (χ1n) is 9.66. The van der Waals surface area contributed by atoms with Gasteiger partial charge in [0.1, 0.15) is 0 Å². The number of rotatable bonds is 5. The van der Waals surface area contributed by atoms with Gasteiger partial charge in [-0.3, -0.25) is 14.9 Å². The van der Waals surface area contributed by atoms with Crippen molar-refractivity contribution in [3.8, 4) is 0 Å². The van der Waals surface area contributed by atoms with Gasteiger partial charge in [-0.25, -0.2) is 0 Å². The number of nitrogens with zero attached hydrogens (tertiary/aromatic N) is 1. The van der Waals surface area contributed by atoms with Crippen molar-refractivity contribution in [2.45, 2.75) is 51.5 Å². The van der Waals surface area contributed by atoms with Crippen LogP contribution in [0.3, 0.4) is 0 Å². The molecule has 4 aliphatic rings. The lowest BCUT2D eigenvalue weighted by atomic mass is 9.48. The van der Waals surface area contributed by atoms with Gasteiger partial charge in [0.2, 0.25) is 5.91 Å². The molecule has 138 valence electrons. The Balaban J connectivity index is 1.38. The molecule has 5 heteroatoms. The number of carbonyl (C=O) groups is 1. The molecule has 0 spiro atoms. The summed E-state index contributed by atoms with van der Waals surface area (Å²) in [5.41, 5.74) is 1.14. The van der Waals surface area contributed by atoms with Gasteiger partial charge in [0.15, 0.2) is 0 Å². The van der Waals surface area contributed by atoms with Crippen LogP contribution in [0.4, 0.5) is 5.69 Å².